The van der Waals surface area contributed by atoms with Gasteiger partial charge < -0.3 is 4.52 Å². The molecule has 0 spiro atoms. The van der Waals surface area contributed by atoms with Crippen LogP contribution >= 0.6 is 0 Å². The van der Waals surface area contributed by atoms with Gasteiger partial charge >= 0.3 is 0 Å². The van der Waals surface area contributed by atoms with E-state index in [1.807, 2.05) is 27.7 Å². The van der Waals surface area contributed by atoms with E-state index >= 15 is 0 Å². The van der Waals surface area contributed by atoms with E-state index in [9.17, 15) is 8.42 Å². The predicted octanol–water partition coefficient (Wildman–Crippen LogP) is 0.249. The molecule has 1 saturated heterocycles. The van der Waals surface area contributed by atoms with Crippen LogP contribution in [-0.2, 0) is 15.6 Å². The summed E-state index contributed by atoms with van der Waals surface area (Å²) < 4.78 is 29.2. The first-order valence-electron chi connectivity index (χ1n) is 6.95. The predicted molar refractivity (Wildman–Crippen MR) is 77.7 cm³/mol. The Morgan fingerprint density at radius 1 is 1.24 bits per heavy atom. The Morgan fingerprint density at radius 2 is 1.81 bits per heavy atom. The van der Waals surface area contributed by atoms with Crippen LogP contribution < -0.4 is 5.14 Å². The molecule has 0 amide bonds. The molecule has 1 atom stereocenters. The summed E-state index contributed by atoms with van der Waals surface area (Å²) in [6, 6.07) is -0.0452. The van der Waals surface area contributed by atoms with E-state index in [1.165, 1.54) is 4.31 Å². The summed E-state index contributed by atoms with van der Waals surface area (Å²) in [4.78, 5) is 6.56. The summed E-state index contributed by atoms with van der Waals surface area (Å²) in [5.41, 5.74) is -0.159. The van der Waals surface area contributed by atoms with E-state index in [1.54, 1.807) is 0 Å². The van der Waals surface area contributed by atoms with Crippen LogP contribution in [0.15, 0.2) is 4.52 Å². The van der Waals surface area contributed by atoms with Crippen LogP contribution in [0.1, 0.15) is 45.5 Å². The van der Waals surface area contributed by atoms with Gasteiger partial charge in [0.1, 0.15) is 0 Å². The second-order valence-electron chi connectivity index (χ2n) is 6.36. The van der Waals surface area contributed by atoms with Gasteiger partial charge in [0.25, 0.3) is 10.2 Å². The van der Waals surface area contributed by atoms with E-state index in [0.717, 1.165) is 0 Å². The smallest absolute Gasteiger partial charge is 0.276 e. The number of aromatic nitrogens is 2. The van der Waals surface area contributed by atoms with Crippen molar-refractivity contribution in [3.05, 3.63) is 11.7 Å². The van der Waals surface area contributed by atoms with Crippen molar-refractivity contribution in [1.29, 1.82) is 0 Å². The van der Waals surface area contributed by atoms with Gasteiger partial charge in [-0.2, -0.15) is 17.7 Å². The molecule has 1 aliphatic rings. The second-order valence-corrected chi connectivity index (χ2v) is 7.91. The molecule has 0 saturated carbocycles. The maximum Gasteiger partial charge on any atom is 0.276 e. The average molecular weight is 317 g/mol. The molecule has 1 unspecified atom stereocenters. The van der Waals surface area contributed by atoms with Crippen molar-refractivity contribution in [3.8, 4) is 0 Å². The Labute approximate surface area is 125 Å². The van der Waals surface area contributed by atoms with E-state index in [0.29, 0.717) is 37.9 Å². The van der Waals surface area contributed by atoms with Gasteiger partial charge in [-0.3, -0.25) is 4.90 Å². The zero-order chi connectivity index (χ0) is 15.8. The first kappa shape index (κ1) is 16.3. The molecule has 9 heteroatoms. The maximum absolute atomic E-state index is 11.3. The van der Waals surface area contributed by atoms with Crippen LogP contribution in [0.3, 0.4) is 0 Å². The molecule has 1 aromatic heterocycles. The van der Waals surface area contributed by atoms with Crippen LogP contribution in [0.25, 0.3) is 0 Å². The lowest BCUT2D eigenvalue weighted by Gasteiger charge is -2.35. The quantitative estimate of drug-likeness (QED) is 0.856. The molecule has 120 valence electrons. The van der Waals surface area contributed by atoms with Crippen LogP contribution in [0.2, 0.25) is 0 Å². The van der Waals surface area contributed by atoms with Gasteiger partial charge in [-0.25, -0.2) is 5.14 Å². The van der Waals surface area contributed by atoms with Crippen molar-refractivity contribution < 1.29 is 12.9 Å². The molecular formula is C12H23N5O3S. The monoisotopic (exact) mass is 317 g/mol. The molecular weight excluding hydrogens is 294 g/mol. The van der Waals surface area contributed by atoms with Gasteiger partial charge in [0.15, 0.2) is 5.82 Å². The number of nitrogens with two attached hydrogens (primary N) is 1. The Balaban J connectivity index is 2.02. The standard InChI is InChI=1S/C12H23N5O3S/c1-9(10-14-11(15-20-10)12(2,3)4)16-5-7-17(8-6-16)21(13,18)19/h9H,5-8H2,1-4H3,(H2,13,18,19). The second kappa shape index (κ2) is 5.64. The molecule has 0 aliphatic carbocycles. The van der Waals surface area contributed by atoms with Crippen molar-refractivity contribution >= 4 is 10.2 Å². The Kier molecular flexibility index (Phi) is 4.39. The van der Waals surface area contributed by atoms with Crippen LogP contribution in [0.4, 0.5) is 0 Å². The third kappa shape index (κ3) is 3.79. The summed E-state index contributed by atoms with van der Waals surface area (Å²) in [5, 5.41) is 9.15. The normalized spacial score (nSPS) is 20.6. The van der Waals surface area contributed by atoms with E-state index in [-0.39, 0.29) is 11.5 Å². The van der Waals surface area contributed by atoms with Crippen LogP contribution in [-0.4, -0.2) is 53.9 Å². The van der Waals surface area contributed by atoms with Crippen molar-refractivity contribution in [3.63, 3.8) is 0 Å². The SMILES string of the molecule is CC(c1nc(C(C)(C)C)no1)N1CCN(S(N)(=O)=O)CC1. The van der Waals surface area contributed by atoms with Gasteiger partial charge in [0.2, 0.25) is 5.89 Å². The third-order valence-electron chi connectivity index (χ3n) is 3.65. The summed E-state index contributed by atoms with van der Waals surface area (Å²) in [7, 11) is -3.60. The highest BCUT2D eigenvalue weighted by Crippen LogP contribution is 2.24. The Hall–Kier alpha value is -1.03. The highest BCUT2D eigenvalue weighted by Gasteiger charge is 2.30. The fourth-order valence-electron chi connectivity index (χ4n) is 2.21. The molecule has 8 nitrogen and oxygen atoms in total. The largest absolute Gasteiger partial charge is 0.338 e. The van der Waals surface area contributed by atoms with Crippen molar-refractivity contribution in [2.24, 2.45) is 5.14 Å². The Bertz CT molecular complexity index is 584. The third-order valence-corrected chi connectivity index (χ3v) is 4.74. The van der Waals surface area contributed by atoms with Crippen molar-refractivity contribution in [1.82, 2.24) is 19.3 Å². The number of rotatable bonds is 3. The maximum atomic E-state index is 11.3. The van der Waals surface area contributed by atoms with E-state index in [4.69, 9.17) is 9.66 Å². The average Bonchev–Trinajstić information content (AvgIpc) is 2.86. The van der Waals surface area contributed by atoms with Crippen molar-refractivity contribution in [2.45, 2.75) is 39.2 Å². The lowest BCUT2D eigenvalue weighted by Crippen LogP contribution is -2.51. The topological polar surface area (TPSA) is 106 Å². The molecule has 0 bridgehead atoms. The van der Waals surface area contributed by atoms with Gasteiger partial charge in [-0.1, -0.05) is 25.9 Å². The zero-order valence-corrected chi connectivity index (χ0v) is 13.7. The van der Waals surface area contributed by atoms with Gasteiger partial charge in [0.05, 0.1) is 6.04 Å². The molecule has 2 heterocycles. The van der Waals surface area contributed by atoms with Crippen molar-refractivity contribution in [2.75, 3.05) is 26.2 Å². The minimum absolute atomic E-state index is 0.0452. The summed E-state index contributed by atoms with van der Waals surface area (Å²) in [6.45, 7) is 9.99. The molecule has 0 radical (unpaired) electrons. The van der Waals surface area contributed by atoms with E-state index < -0.39 is 10.2 Å². The number of piperazine rings is 1. The molecule has 21 heavy (non-hydrogen) atoms. The molecule has 1 fully saturated rings. The van der Waals surface area contributed by atoms with Gasteiger partial charge in [0, 0.05) is 31.6 Å². The number of hydrogen-bond acceptors (Lipinski definition) is 6. The van der Waals surface area contributed by atoms with Gasteiger partial charge in [-0.15, -0.1) is 0 Å². The van der Waals surface area contributed by atoms with Crippen LogP contribution in [0.5, 0.6) is 0 Å². The minimum Gasteiger partial charge on any atom is -0.338 e. The molecule has 1 aromatic rings. The zero-order valence-electron chi connectivity index (χ0n) is 12.9. The fourth-order valence-corrected chi connectivity index (χ4v) is 2.88. The van der Waals surface area contributed by atoms with E-state index in [2.05, 4.69) is 15.0 Å². The highest BCUT2D eigenvalue weighted by molar-refractivity contribution is 7.86. The lowest BCUT2D eigenvalue weighted by molar-refractivity contribution is 0.124. The first-order chi connectivity index (χ1) is 9.59. The molecule has 0 aromatic carbocycles. The summed E-state index contributed by atoms with van der Waals surface area (Å²) in [6.07, 6.45) is 0. The lowest BCUT2D eigenvalue weighted by atomic mass is 9.96. The minimum atomic E-state index is -3.60. The van der Waals surface area contributed by atoms with Crippen LogP contribution in [0, 0.1) is 0 Å². The summed E-state index contributed by atoms with van der Waals surface area (Å²) in [5.74, 6) is 1.23. The highest BCUT2D eigenvalue weighted by atomic mass is 32.2. The number of hydrogen-bond donors (Lipinski definition) is 1. The Morgan fingerprint density at radius 3 is 2.24 bits per heavy atom. The molecule has 2 N–H and O–H groups in total. The fraction of sp³-hybridized carbons (Fsp3) is 0.833. The van der Waals surface area contributed by atoms with Gasteiger partial charge in [-0.05, 0) is 6.92 Å². The first-order valence-corrected chi connectivity index (χ1v) is 8.45. The summed E-state index contributed by atoms with van der Waals surface area (Å²) >= 11 is 0. The molecule has 1 aliphatic heterocycles. The number of nitrogens with zero attached hydrogens (tertiary/aromatic N) is 4. The molecule has 2 rings (SSSR count).